The lowest BCUT2D eigenvalue weighted by Crippen LogP contribution is -2.49. The third-order valence-corrected chi connectivity index (χ3v) is 7.51. The molecule has 5 rings (SSSR count). The normalized spacial score (nSPS) is 19.4. The lowest BCUT2D eigenvalue weighted by Gasteiger charge is -2.25. The minimum absolute atomic E-state index is 0.0181. The highest BCUT2D eigenvalue weighted by atomic mass is 32.2. The van der Waals surface area contributed by atoms with Gasteiger partial charge in [-0.15, -0.1) is 0 Å². The Hall–Kier alpha value is -3.59. The second kappa shape index (κ2) is 9.58. The quantitative estimate of drug-likeness (QED) is 0.389. The lowest BCUT2D eigenvalue weighted by atomic mass is 9.87. The fourth-order valence-electron chi connectivity index (χ4n) is 4.78. The van der Waals surface area contributed by atoms with Gasteiger partial charge in [-0.25, -0.2) is 9.78 Å². The Bertz CT molecular complexity index is 1260. The Morgan fingerprint density at radius 2 is 1.74 bits per heavy atom. The van der Waals surface area contributed by atoms with Crippen LogP contribution >= 0.6 is 11.8 Å². The van der Waals surface area contributed by atoms with Gasteiger partial charge in [-0.2, -0.15) is 5.01 Å². The molecule has 0 spiro atoms. The zero-order chi connectivity index (χ0) is 24.4. The number of hydrogen-bond acceptors (Lipinski definition) is 5. The highest BCUT2D eigenvalue weighted by Gasteiger charge is 2.52. The van der Waals surface area contributed by atoms with Crippen LogP contribution in [0.5, 0.6) is 0 Å². The maximum Gasteiger partial charge on any atom is 0.344 e. The SMILES string of the molecule is CCC1(c2ccccc2)NC(=O)N(NC(=O)CSc2nc3c(n2-c2ccccc2)CCCC3)C1=O. The summed E-state index contributed by atoms with van der Waals surface area (Å²) in [4.78, 5) is 43.6. The van der Waals surface area contributed by atoms with E-state index in [4.69, 9.17) is 4.98 Å². The summed E-state index contributed by atoms with van der Waals surface area (Å²) in [5, 5.41) is 4.31. The number of para-hydroxylation sites is 1. The van der Waals surface area contributed by atoms with Crippen LogP contribution in [0.3, 0.4) is 0 Å². The number of benzene rings is 2. The number of imidazole rings is 1. The van der Waals surface area contributed by atoms with Crippen LogP contribution < -0.4 is 10.7 Å². The first-order valence-corrected chi connectivity index (χ1v) is 12.8. The van der Waals surface area contributed by atoms with Crippen LogP contribution in [0.25, 0.3) is 5.69 Å². The number of imide groups is 1. The van der Waals surface area contributed by atoms with Crippen LogP contribution in [0.4, 0.5) is 4.79 Å². The first-order valence-electron chi connectivity index (χ1n) is 11.8. The predicted molar refractivity (Wildman–Crippen MR) is 133 cm³/mol. The van der Waals surface area contributed by atoms with Crippen molar-refractivity contribution in [2.45, 2.75) is 49.7 Å². The molecule has 180 valence electrons. The average Bonchev–Trinajstić information content (AvgIpc) is 3.39. The minimum atomic E-state index is -1.19. The number of aryl methyl sites for hydroxylation is 1. The van der Waals surface area contributed by atoms with Gasteiger partial charge in [-0.05, 0) is 49.8 Å². The summed E-state index contributed by atoms with van der Waals surface area (Å²) < 4.78 is 2.12. The highest BCUT2D eigenvalue weighted by molar-refractivity contribution is 7.99. The molecule has 8 nitrogen and oxygen atoms in total. The smallest absolute Gasteiger partial charge is 0.318 e. The van der Waals surface area contributed by atoms with Gasteiger partial charge >= 0.3 is 6.03 Å². The number of nitrogens with one attached hydrogen (secondary N) is 2. The number of hydrazine groups is 1. The fourth-order valence-corrected chi connectivity index (χ4v) is 5.63. The number of nitrogens with zero attached hydrogens (tertiary/aromatic N) is 3. The third kappa shape index (κ3) is 4.20. The van der Waals surface area contributed by atoms with Gasteiger partial charge in [-0.1, -0.05) is 67.2 Å². The van der Waals surface area contributed by atoms with E-state index in [0.717, 1.165) is 47.2 Å². The molecular weight excluding hydrogens is 462 g/mol. The van der Waals surface area contributed by atoms with Crippen molar-refractivity contribution in [3.05, 3.63) is 77.6 Å². The number of fused-ring (bicyclic) bond motifs is 1. The second-order valence-corrected chi connectivity index (χ2v) is 9.63. The number of urea groups is 1. The summed E-state index contributed by atoms with van der Waals surface area (Å²) in [7, 11) is 0. The molecule has 1 aliphatic carbocycles. The Labute approximate surface area is 208 Å². The van der Waals surface area contributed by atoms with Gasteiger partial charge in [0.05, 0.1) is 11.4 Å². The zero-order valence-corrected chi connectivity index (χ0v) is 20.3. The van der Waals surface area contributed by atoms with Crippen molar-refractivity contribution in [2.24, 2.45) is 0 Å². The van der Waals surface area contributed by atoms with Crippen LogP contribution in [0.1, 0.15) is 43.1 Å². The van der Waals surface area contributed by atoms with E-state index < -0.39 is 23.4 Å². The second-order valence-electron chi connectivity index (χ2n) is 8.69. The summed E-state index contributed by atoms with van der Waals surface area (Å²) >= 11 is 1.30. The molecule has 35 heavy (non-hydrogen) atoms. The summed E-state index contributed by atoms with van der Waals surface area (Å²) in [5.41, 5.74) is 5.27. The first kappa shape index (κ1) is 23.2. The Morgan fingerprint density at radius 1 is 1.06 bits per heavy atom. The number of carbonyl (C=O) groups excluding carboxylic acids is 3. The fraction of sp³-hybridized carbons (Fsp3) is 0.308. The van der Waals surface area contributed by atoms with Crippen molar-refractivity contribution in [1.82, 2.24) is 25.3 Å². The van der Waals surface area contributed by atoms with Crippen molar-refractivity contribution in [2.75, 3.05) is 5.75 Å². The molecule has 2 N–H and O–H groups in total. The summed E-state index contributed by atoms with van der Waals surface area (Å²) in [5.74, 6) is -0.917. The molecule has 2 heterocycles. The number of carbonyl (C=O) groups is 3. The molecule has 1 atom stereocenters. The Morgan fingerprint density at radius 3 is 2.46 bits per heavy atom. The van der Waals surface area contributed by atoms with Crippen molar-refractivity contribution in [1.29, 1.82) is 0 Å². The van der Waals surface area contributed by atoms with Gasteiger partial charge < -0.3 is 5.32 Å². The van der Waals surface area contributed by atoms with E-state index in [9.17, 15) is 14.4 Å². The van der Waals surface area contributed by atoms with Crippen LogP contribution in [0.15, 0.2) is 65.8 Å². The molecular formula is C26H27N5O3S. The first-order chi connectivity index (χ1) is 17.0. The molecule has 1 unspecified atom stereocenters. The van der Waals surface area contributed by atoms with Gasteiger partial charge in [0.2, 0.25) is 5.91 Å². The van der Waals surface area contributed by atoms with Gasteiger partial charge in [0, 0.05) is 11.4 Å². The molecule has 0 saturated carbocycles. The van der Waals surface area contributed by atoms with Gasteiger partial charge in [0.25, 0.3) is 5.91 Å². The third-order valence-electron chi connectivity index (χ3n) is 6.57. The molecule has 3 aromatic rings. The minimum Gasteiger partial charge on any atom is -0.318 e. The molecule has 2 aromatic carbocycles. The maximum atomic E-state index is 13.3. The molecule has 1 fully saturated rings. The van der Waals surface area contributed by atoms with Crippen LogP contribution in [0, 0.1) is 0 Å². The van der Waals surface area contributed by atoms with Gasteiger partial charge in [0.15, 0.2) is 5.16 Å². The highest BCUT2D eigenvalue weighted by Crippen LogP contribution is 2.32. The van der Waals surface area contributed by atoms with Crippen LogP contribution in [-0.4, -0.2) is 38.2 Å². The van der Waals surface area contributed by atoms with Crippen molar-refractivity contribution in [3.63, 3.8) is 0 Å². The number of amides is 4. The van der Waals surface area contributed by atoms with Crippen molar-refractivity contribution in [3.8, 4) is 5.69 Å². The van der Waals surface area contributed by atoms with Crippen molar-refractivity contribution < 1.29 is 14.4 Å². The average molecular weight is 490 g/mol. The molecule has 1 aliphatic heterocycles. The van der Waals surface area contributed by atoms with Crippen LogP contribution in [-0.2, 0) is 28.0 Å². The summed E-state index contributed by atoms with van der Waals surface area (Å²) in [6.45, 7) is 1.83. The van der Waals surface area contributed by atoms with E-state index in [2.05, 4.69) is 15.3 Å². The summed E-state index contributed by atoms with van der Waals surface area (Å²) in [6.07, 6.45) is 4.46. The number of thioether (sulfide) groups is 1. The molecule has 4 amide bonds. The van der Waals surface area contributed by atoms with E-state index in [1.165, 1.54) is 17.5 Å². The van der Waals surface area contributed by atoms with E-state index >= 15 is 0 Å². The molecule has 0 radical (unpaired) electrons. The van der Waals surface area contributed by atoms with Crippen molar-refractivity contribution >= 4 is 29.6 Å². The number of rotatable bonds is 7. The van der Waals surface area contributed by atoms with Crippen LogP contribution in [0.2, 0.25) is 0 Å². The van der Waals surface area contributed by atoms with E-state index in [0.29, 0.717) is 12.0 Å². The molecule has 2 aliphatic rings. The number of aromatic nitrogens is 2. The summed E-state index contributed by atoms with van der Waals surface area (Å²) in [6, 6.07) is 18.4. The topological polar surface area (TPSA) is 96.3 Å². The van der Waals surface area contributed by atoms with Gasteiger partial charge in [-0.3, -0.25) is 19.6 Å². The largest absolute Gasteiger partial charge is 0.344 e. The molecule has 0 bridgehead atoms. The standard InChI is InChI=1S/C26H27N5O3S/c1-2-26(18-11-5-3-6-12-18)23(33)31(24(34)28-26)29-22(32)17-35-25-27-20-15-9-10-16-21(20)30(25)19-13-7-4-8-14-19/h3-8,11-14H,2,9-10,15-17H2,1H3,(H,28,34)(H,29,32). The zero-order valence-electron chi connectivity index (χ0n) is 19.5. The molecule has 1 aromatic heterocycles. The van der Waals surface area contributed by atoms with E-state index in [1.807, 2.05) is 55.5 Å². The maximum absolute atomic E-state index is 13.3. The molecule has 1 saturated heterocycles. The Kier molecular flexibility index (Phi) is 6.34. The lowest BCUT2D eigenvalue weighted by molar-refractivity contribution is -0.138. The Balaban J connectivity index is 1.32. The number of hydrogen-bond donors (Lipinski definition) is 2. The predicted octanol–water partition coefficient (Wildman–Crippen LogP) is 3.73. The molecule has 9 heteroatoms. The van der Waals surface area contributed by atoms with Gasteiger partial charge in [0.1, 0.15) is 5.54 Å². The van der Waals surface area contributed by atoms with E-state index in [1.54, 1.807) is 12.1 Å². The van der Waals surface area contributed by atoms with E-state index in [-0.39, 0.29) is 5.75 Å². The monoisotopic (exact) mass is 489 g/mol.